The van der Waals surface area contributed by atoms with Crippen LogP contribution in [0.25, 0.3) is 0 Å². The molecular weight excluding hydrogens is 170 g/mol. The van der Waals surface area contributed by atoms with Gasteiger partial charge in [0.25, 0.3) is 0 Å². The Kier molecular flexibility index (Phi) is 3.59. The van der Waals surface area contributed by atoms with Crippen molar-refractivity contribution in [2.24, 2.45) is 13.0 Å². The lowest BCUT2D eigenvalue weighted by molar-refractivity contribution is 0.629. The Morgan fingerprint density at radius 3 is 2.83 bits per heavy atom. The molecule has 0 saturated carbocycles. The molecule has 0 aliphatic rings. The molecule has 0 bridgehead atoms. The smallest absolute Gasteiger partial charge is 0.185 e. The predicted molar refractivity (Wildman–Crippen MR) is 51.2 cm³/mol. The molecule has 0 saturated heterocycles. The first-order valence-corrected chi connectivity index (χ1v) is 5.15. The largest absolute Gasteiger partial charge is 0.244 e. The normalized spacial score (nSPS) is 11.0. The second-order valence-electron chi connectivity index (χ2n) is 3.20. The molecule has 4 heteroatoms. The summed E-state index contributed by atoms with van der Waals surface area (Å²) < 4.78 is 1.81. The van der Waals surface area contributed by atoms with Gasteiger partial charge in [0.2, 0.25) is 0 Å². The predicted octanol–water partition coefficient (Wildman–Crippen LogP) is 1.95. The van der Waals surface area contributed by atoms with Gasteiger partial charge in [-0.3, -0.25) is 0 Å². The average molecular weight is 185 g/mol. The van der Waals surface area contributed by atoms with Gasteiger partial charge in [-0.15, -0.1) is 0 Å². The molecule has 1 aromatic heterocycles. The van der Waals surface area contributed by atoms with Gasteiger partial charge in [-0.2, -0.15) is 5.10 Å². The van der Waals surface area contributed by atoms with Crippen molar-refractivity contribution in [1.29, 1.82) is 0 Å². The van der Waals surface area contributed by atoms with Crippen LogP contribution in [0.4, 0.5) is 0 Å². The number of aromatic nitrogens is 3. The maximum Gasteiger partial charge on any atom is 0.185 e. The molecular formula is C8H15N3S. The van der Waals surface area contributed by atoms with Gasteiger partial charge in [-0.1, -0.05) is 25.6 Å². The Balaban J connectivity index is 2.29. The number of aryl methyl sites for hydroxylation is 1. The first-order valence-electron chi connectivity index (χ1n) is 4.17. The van der Waals surface area contributed by atoms with Gasteiger partial charge in [-0.05, 0) is 12.3 Å². The van der Waals surface area contributed by atoms with Crippen LogP contribution in [0.5, 0.6) is 0 Å². The van der Waals surface area contributed by atoms with E-state index >= 15 is 0 Å². The Morgan fingerprint density at radius 1 is 1.58 bits per heavy atom. The van der Waals surface area contributed by atoms with Crippen LogP contribution in [-0.2, 0) is 7.05 Å². The Hall–Kier alpha value is -0.510. The first-order chi connectivity index (χ1) is 5.70. The molecule has 0 aliphatic heterocycles. The summed E-state index contributed by atoms with van der Waals surface area (Å²) in [4.78, 5) is 4.13. The van der Waals surface area contributed by atoms with E-state index in [1.165, 1.54) is 6.42 Å². The van der Waals surface area contributed by atoms with Gasteiger partial charge in [0, 0.05) is 12.8 Å². The lowest BCUT2D eigenvalue weighted by atomic mass is 10.2. The minimum absolute atomic E-state index is 0.769. The maximum absolute atomic E-state index is 4.13. The van der Waals surface area contributed by atoms with Gasteiger partial charge in [0.1, 0.15) is 6.33 Å². The van der Waals surface area contributed by atoms with Crippen molar-refractivity contribution in [3.63, 3.8) is 0 Å². The fraction of sp³-hybridized carbons (Fsp3) is 0.750. The highest BCUT2D eigenvalue weighted by molar-refractivity contribution is 7.99. The molecule has 1 rings (SSSR count). The summed E-state index contributed by atoms with van der Waals surface area (Å²) in [5, 5.41) is 5.01. The van der Waals surface area contributed by atoms with Crippen LogP contribution in [0.1, 0.15) is 20.3 Å². The van der Waals surface area contributed by atoms with Crippen LogP contribution in [0, 0.1) is 5.92 Å². The third-order valence-corrected chi connectivity index (χ3v) is 2.66. The van der Waals surface area contributed by atoms with Gasteiger partial charge < -0.3 is 0 Å². The van der Waals surface area contributed by atoms with E-state index < -0.39 is 0 Å². The number of hydrogen-bond acceptors (Lipinski definition) is 3. The van der Waals surface area contributed by atoms with Crippen LogP contribution >= 0.6 is 11.8 Å². The summed E-state index contributed by atoms with van der Waals surface area (Å²) in [6.45, 7) is 4.47. The zero-order valence-electron chi connectivity index (χ0n) is 7.82. The summed E-state index contributed by atoms with van der Waals surface area (Å²) in [5.41, 5.74) is 0. The molecule has 0 spiro atoms. The van der Waals surface area contributed by atoms with E-state index in [2.05, 4.69) is 23.9 Å². The number of thioether (sulfide) groups is 1. The zero-order valence-corrected chi connectivity index (χ0v) is 8.64. The van der Waals surface area contributed by atoms with E-state index in [4.69, 9.17) is 0 Å². The summed E-state index contributed by atoms with van der Waals surface area (Å²) in [6, 6.07) is 0. The Morgan fingerprint density at radius 2 is 2.33 bits per heavy atom. The van der Waals surface area contributed by atoms with Crippen molar-refractivity contribution in [3.05, 3.63) is 6.33 Å². The molecule has 0 aliphatic carbocycles. The first kappa shape index (κ1) is 9.58. The fourth-order valence-electron chi connectivity index (χ4n) is 0.802. The third kappa shape index (κ3) is 2.85. The van der Waals surface area contributed by atoms with Crippen LogP contribution in [0.3, 0.4) is 0 Å². The minimum atomic E-state index is 0.769. The highest BCUT2D eigenvalue weighted by atomic mass is 32.2. The van der Waals surface area contributed by atoms with E-state index in [0.717, 1.165) is 16.8 Å². The summed E-state index contributed by atoms with van der Waals surface area (Å²) >= 11 is 1.77. The molecule has 12 heavy (non-hydrogen) atoms. The standard InChI is InChI=1S/C8H15N3S/c1-7(2)4-5-12-8-9-6-10-11(8)3/h6-7H,4-5H2,1-3H3. The second-order valence-corrected chi connectivity index (χ2v) is 4.26. The molecule has 0 atom stereocenters. The van der Waals surface area contributed by atoms with Crippen LogP contribution in [0.15, 0.2) is 11.5 Å². The fourth-order valence-corrected chi connectivity index (χ4v) is 1.93. The Labute approximate surface area is 77.6 Å². The van der Waals surface area contributed by atoms with Crippen LogP contribution < -0.4 is 0 Å². The van der Waals surface area contributed by atoms with E-state index in [0.29, 0.717) is 0 Å². The summed E-state index contributed by atoms with van der Waals surface area (Å²) in [5.74, 6) is 1.90. The molecule has 0 N–H and O–H groups in total. The quantitative estimate of drug-likeness (QED) is 0.672. The summed E-state index contributed by atoms with van der Waals surface area (Å²) in [6.07, 6.45) is 2.83. The van der Waals surface area contributed by atoms with Crippen molar-refractivity contribution in [1.82, 2.24) is 14.8 Å². The van der Waals surface area contributed by atoms with Crippen LogP contribution in [0.2, 0.25) is 0 Å². The molecule has 1 heterocycles. The highest BCUT2D eigenvalue weighted by Crippen LogP contribution is 2.16. The Bertz CT molecular complexity index is 232. The molecule has 0 unspecified atom stereocenters. The summed E-state index contributed by atoms with van der Waals surface area (Å²) in [7, 11) is 1.92. The zero-order chi connectivity index (χ0) is 8.97. The molecule has 0 aromatic carbocycles. The minimum Gasteiger partial charge on any atom is -0.244 e. The lowest BCUT2D eigenvalue weighted by Crippen LogP contribution is -1.95. The number of rotatable bonds is 4. The van der Waals surface area contributed by atoms with Crippen molar-refractivity contribution >= 4 is 11.8 Å². The van der Waals surface area contributed by atoms with Crippen LogP contribution in [-0.4, -0.2) is 20.5 Å². The SMILES string of the molecule is CC(C)CCSc1ncnn1C. The van der Waals surface area contributed by atoms with Crippen molar-refractivity contribution in [2.45, 2.75) is 25.4 Å². The molecule has 0 amide bonds. The van der Waals surface area contributed by atoms with Crippen molar-refractivity contribution in [2.75, 3.05) is 5.75 Å². The number of hydrogen-bond donors (Lipinski definition) is 0. The molecule has 0 radical (unpaired) electrons. The van der Waals surface area contributed by atoms with Gasteiger partial charge in [-0.25, -0.2) is 9.67 Å². The molecule has 3 nitrogen and oxygen atoms in total. The molecule has 68 valence electrons. The third-order valence-electron chi connectivity index (χ3n) is 1.60. The molecule has 1 aromatic rings. The second kappa shape index (κ2) is 4.50. The maximum atomic E-state index is 4.13. The molecule has 0 fully saturated rings. The van der Waals surface area contributed by atoms with Gasteiger partial charge in [0.15, 0.2) is 5.16 Å². The van der Waals surface area contributed by atoms with E-state index in [1.54, 1.807) is 18.1 Å². The lowest BCUT2D eigenvalue weighted by Gasteiger charge is -2.02. The monoisotopic (exact) mass is 185 g/mol. The van der Waals surface area contributed by atoms with Gasteiger partial charge >= 0.3 is 0 Å². The average Bonchev–Trinajstić information content (AvgIpc) is 2.36. The van der Waals surface area contributed by atoms with Crippen molar-refractivity contribution in [3.8, 4) is 0 Å². The van der Waals surface area contributed by atoms with Crippen molar-refractivity contribution < 1.29 is 0 Å². The number of nitrogens with zero attached hydrogens (tertiary/aromatic N) is 3. The topological polar surface area (TPSA) is 30.7 Å². The highest BCUT2D eigenvalue weighted by Gasteiger charge is 2.01. The van der Waals surface area contributed by atoms with E-state index in [1.807, 2.05) is 11.7 Å². The van der Waals surface area contributed by atoms with E-state index in [9.17, 15) is 0 Å². The van der Waals surface area contributed by atoms with E-state index in [-0.39, 0.29) is 0 Å². The van der Waals surface area contributed by atoms with Gasteiger partial charge in [0.05, 0.1) is 0 Å².